The third-order valence-electron chi connectivity index (χ3n) is 4.25. The average Bonchev–Trinajstić information content (AvgIpc) is 2.91. The molecule has 0 unspecified atom stereocenters. The third-order valence-corrected chi connectivity index (χ3v) is 5.49. The second-order valence-corrected chi connectivity index (χ2v) is 7.45. The highest BCUT2D eigenvalue weighted by Gasteiger charge is 2.24. The number of fused-ring (bicyclic) bond motifs is 2. The topological polar surface area (TPSA) is 51.0 Å². The number of para-hydroxylation sites is 2. The van der Waals surface area contributed by atoms with E-state index in [0.29, 0.717) is 5.25 Å². The molecule has 122 valence electrons. The van der Waals surface area contributed by atoms with E-state index in [1.807, 2.05) is 59.1 Å². The highest BCUT2D eigenvalue weighted by Crippen LogP contribution is 2.37. The van der Waals surface area contributed by atoms with Crippen molar-refractivity contribution in [2.45, 2.75) is 30.0 Å². The quantitative estimate of drug-likeness (QED) is 0.719. The molecule has 1 atom stereocenters. The minimum absolute atomic E-state index is 0.0489. The van der Waals surface area contributed by atoms with Crippen LogP contribution in [0.25, 0.3) is 11.0 Å². The predicted octanol–water partition coefficient (Wildman–Crippen LogP) is 3.35. The number of carbonyl (C=O) groups excluding carboxylic acids is 1. The number of nitrogens with zero attached hydrogens (tertiary/aromatic N) is 4. The number of aromatic nitrogens is 3. The molecular formula is C18H18N4OS. The van der Waals surface area contributed by atoms with Crippen LogP contribution < -0.4 is 4.90 Å². The second kappa shape index (κ2) is 6.28. The largest absolute Gasteiger partial charge is 0.310 e. The van der Waals surface area contributed by atoms with Crippen molar-refractivity contribution in [1.82, 2.24) is 15.0 Å². The lowest BCUT2D eigenvalue weighted by atomic mass is 10.2. The van der Waals surface area contributed by atoms with Gasteiger partial charge in [0.05, 0.1) is 11.2 Å². The minimum atomic E-state index is 0.0489. The zero-order valence-corrected chi connectivity index (χ0v) is 14.2. The molecule has 0 aliphatic carbocycles. The Morgan fingerprint density at radius 3 is 2.92 bits per heavy atom. The van der Waals surface area contributed by atoms with Gasteiger partial charge in [0, 0.05) is 16.7 Å². The van der Waals surface area contributed by atoms with Crippen LogP contribution in [0.5, 0.6) is 0 Å². The number of rotatable bonds is 2. The number of hydrogen-bond acceptors (Lipinski definition) is 4. The number of benzene rings is 2. The number of hydrogen-bond donors (Lipinski definition) is 0. The Kier molecular flexibility index (Phi) is 3.98. The molecule has 3 aromatic rings. The standard InChI is InChI=1S/C18H18N4OS/c1-13-10-11-21(16-8-4-5-9-17(16)24-13)18(23)12-22-15-7-3-2-6-14(15)19-20-22/h2-9,13H,10-12H2,1H3/t13-/m0/s1. The first-order valence-electron chi connectivity index (χ1n) is 8.06. The molecular weight excluding hydrogens is 320 g/mol. The van der Waals surface area contributed by atoms with Crippen molar-refractivity contribution in [2.24, 2.45) is 0 Å². The van der Waals surface area contributed by atoms with E-state index in [9.17, 15) is 4.79 Å². The van der Waals surface area contributed by atoms with Gasteiger partial charge in [-0.25, -0.2) is 4.68 Å². The van der Waals surface area contributed by atoms with Gasteiger partial charge in [0.1, 0.15) is 12.1 Å². The lowest BCUT2D eigenvalue weighted by Crippen LogP contribution is -2.35. The summed E-state index contributed by atoms with van der Waals surface area (Å²) in [6, 6.07) is 15.8. The van der Waals surface area contributed by atoms with E-state index in [1.54, 1.807) is 4.68 Å². The molecule has 0 radical (unpaired) electrons. The molecule has 4 rings (SSSR count). The highest BCUT2D eigenvalue weighted by atomic mass is 32.2. The van der Waals surface area contributed by atoms with Crippen molar-refractivity contribution in [1.29, 1.82) is 0 Å². The summed E-state index contributed by atoms with van der Waals surface area (Å²) in [5.74, 6) is 0.0489. The van der Waals surface area contributed by atoms with Gasteiger partial charge in [-0.1, -0.05) is 36.4 Å². The van der Waals surface area contributed by atoms with Gasteiger partial charge in [-0.2, -0.15) is 0 Å². The van der Waals surface area contributed by atoms with Crippen molar-refractivity contribution < 1.29 is 4.79 Å². The van der Waals surface area contributed by atoms with E-state index >= 15 is 0 Å². The van der Waals surface area contributed by atoms with Crippen LogP contribution in [0.1, 0.15) is 13.3 Å². The molecule has 2 heterocycles. The van der Waals surface area contributed by atoms with Crippen molar-refractivity contribution in [3.63, 3.8) is 0 Å². The summed E-state index contributed by atoms with van der Waals surface area (Å²) in [5, 5.41) is 8.76. The summed E-state index contributed by atoms with van der Waals surface area (Å²) in [6.07, 6.45) is 0.975. The Hall–Kier alpha value is -2.34. The normalized spacial score (nSPS) is 17.5. The Morgan fingerprint density at radius 1 is 1.21 bits per heavy atom. The van der Waals surface area contributed by atoms with Crippen molar-refractivity contribution in [3.8, 4) is 0 Å². The third kappa shape index (κ3) is 2.78. The average molecular weight is 338 g/mol. The maximum atomic E-state index is 13.0. The Morgan fingerprint density at radius 2 is 2.00 bits per heavy atom. The zero-order valence-electron chi connectivity index (χ0n) is 13.4. The van der Waals surface area contributed by atoms with Gasteiger partial charge in [-0.15, -0.1) is 16.9 Å². The summed E-state index contributed by atoms with van der Waals surface area (Å²) >= 11 is 1.84. The molecule has 0 fully saturated rings. The van der Waals surface area contributed by atoms with Crippen LogP contribution in [0.3, 0.4) is 0 Å². The molecule has 0 saturated carbocycles. The Bertz CT molecular complexity index is 891. The number of carbonyl (C=O) groups is 1. The van der Waals surface area contributed by atoms with Crippen LogP contribution in [0.15, 0.2) is 53.4 Å². The van der Waals surface area contributed by atoms with Crippen molar-refractivity contribution in [2.75, 3.05) is 11.4 Å². The van der Waals surface area contributed by atoms with Crippen LogP contribution >= 0.6 is 11.8 Å². The zero-order chi connectivity index (χ0) is 16.5. The maximum absolute atomic E-state index is 13.0. The Labute approximate surface area is 144 Å². The summed E-state index contributed by atoms with van der Waals surface area (Å²) in [5.41, 5.74) is 2.70. The highest BCUT2D eigenvalue weighted by molar-refractivity contribution is 8.00. The van der Waals surface area contributed by atoms with Gasteiger partial charge in [0.2, 0.25) is 5.91 Å². The van der Waals surface area contributed by atoms with Crippen LogP contribution in [0.2, 0.25) is 0 Å². The Balaban J connectivity index is 1.64. The fraction of sp³-hybridized carbons (Fsp3) is 0.278. The summed E-state index contributed by atoms with van der Waals surface area (Å²) in [4.78, 5) is 16.0. The lowest BCUT2D eigenvalue weighted by molar-refractivity contribution is -0.119. The van der Waals surface area contributed by atoms with E-state index in [1.165, 1.54) is 4.90 Å². The molecule has 0 bridgehead atoms. The monoisotopic (exact) mass is 338 g/mol. The van der Waals surface area contributed by atoms with Crippen LogP contribution in [0, 0.1) is 0 Å². The van der Waals surface area contributed by atoms with Crippen LogP contribution in [-0.2, 0) is 11.3 Å². The second-order valence-electron chi connectivity index (χ2n) is 5.97. The molecule has 1 aliphatic rings. The first kappa shape index (κ1) is 15.2. The molecule has 2 aromatic carbocycles. The molecule has 1 amide bonds. The van der Waals surface area contributed by atoms with E-state index in [2.05, 4.69) is 23.3 Å². The van der Waals surface area contributed by atoms with Gasteiger partial charge in [-0.05, 0) is 30.7 Å². The fourth-order valence-electron chi connectivity index (χ4n) is 2.99. The predicted molar refractivity (Wildman–Crippen MR) is 96.3 cm³/mol. The maximum Gasteiger partial charge on any atom is 0.248 e. The fourth-order valence-corrected chi connectivity index (χ4v) is 4.11. The van der Waals surface area contributed by atoms with Crippen molar-refractivity contribution in [3.05, 3.63) is 48.5 Å². The molecule has 6 heteroatoms. The first-order chi connectivity index (χ1) is 11.7. The van der Waals surface area contributed by atoms with Gasteiger partial charge < -0.3 is 4.90 Å². The lowest BCUT2D eigenvalue weighted by Gasteiger charge is -2.22. The van der Waals surface area contributed by atoms with Crippen molar-refractivity contribution >= 4 is 34.4 Å². The van der Waals surface area contributed by atoms with Gasteiger partial charge in [0.15, 0.2) is 0 Å². The van der Waals surface area contributed by atoms with Gasteiger partial charge in [0.25, 0.3) is 0 Å². The van der Waals surface area contributed by atoms with E-state index in [4.69, 9.17) is 0 Å². The molecule has 0 spiro atoms. The molecule has 5 nitrogen and oxygen atoms in total. The summed E-state index contributed by atoms with van der Waals surface area (Å²) in [6.45, 7) is 3.14. The number of amides is 1. The first-order valence-corrected chi connectivity index (χ1v) is 8.94. The summed E-state index contributed by atoms with van der Waals surface area (Å²) in [7, 11) is 0. The number of anilines is 1. The van der Waals surface area contributed by atoms with Gasteiger partial charge >= 0.3 is 0 Å². The molecule has 1 aliphatic heterocycles. The minimum Gasteiger partial charge on any atom is -0.310 e. The van der Waals surface area contributed by atoms with E-state index in [-0.39, 0.29) is 12.5 Å². The molecule has 1 aromatic heterocycles. The van der Waals surface area contributed by atoms with Gasteiger partial charge in [-0.3, -0.25) is 4.79 Å². The summed E-state index contributed by atoms with van der Waals surface area (Å²) < 4.78 is 1.68. The van der Waals surface area contributed by atoms with Crippen LogP contribution in [0.4, 0.5) is 5.69 Å². The molecule has 24 heavy (non-hydrogen) atoms. The molecule has 0 saturated heterocycles. The SMILES string of the molecule is C[C@H]1CCN(C(=O)Cn2nnc3ccccc32)c2ccccc2S1. The van der Waals surface area contributed by atoms with E-state index in [0.717, 1.165) is 29.7 Å². The van der Waals surface area contributed by atoms with E-state index < -0.39 is 0 Å². The number of thioether (sulfide) groups is 1. The van der Waals surface area contributed by atoms with Crippen LogP contribution in [-0.4, -0.2) is 32.7 Å². The smallest absolute Gasteiger partial charge is 0.248 e. The molecule has 0 N–H and O–H groups in total.